The minimum absolute atomic E-state index is 0.651. The summed E-state index contributed by atoms with van der Waals surface area (Å²) in [6.45, 7) is 0.749. The van der Waals surface area contributed by atoms with E-state index >= 15 is 0 Å². The molecule has 0 spiro atoms. The fourth-order valence-corrected chi connectivity index (χ4v) is 3.44. The van der Waals surface area contributed by atoms with Gasteiger partial charge in [0.05, 0.1) is 15.9 Å². The van der Waals surface area contributed by atoms with Crippen LogP contribution in [0.4, 0.5) is 0 Å². The molecule has 22 heavy (non-hydrogen) atoms. The molecule has 108 valence electrons. The minimum atomic E-state index is 0.651. The molecule has 0 aliphatic heterocycles. The Hall–Kier alpha value is -1.73. The molecule has 0 fully saturated rings. The standard InChI is InChI=1S/C16H10ClIN4/c17-12-4-11-3-10(1-2-15(11)20-5-12)7-22-8-14(18)13-6-19-9-21-16(13)22/h1-6,8-9H,7H2. The largest absolute Gasteiger partial charge is 0.327 e. The number of fused-ring (bicyclic) bond motifs is 2. The van der Waals surface area contributed by atoms with Crippen molar-refractivity contribution >= 4 is 56.1 Å². The van der Waals surface area contributed by atoms with Gasteiger partial charge >= 0.3 is 0 Å². The zero-order valence-corrected chi connectivity index (χ0v) is 14.3. The third kappa shape index (κ3) is 2.44. The van der Waals surface area contributed by atoms with Gasteiger partial charge < -0.3 is 4.57 Å². The second-order valence-corrected chi connectivity index (χ2v) is 6.64. The van der Waals surface area contributed by atoms with Gasteiger partial charge in [-0.05, 0) is 46.4 Å². The van der Waals surface area contributed by atoms with Gasteiger partial charge in [-0.15, -0.1) is 0 Å². The molecule has 0 radical (unpaired) electrons. The summed E-state index contributed by atoms with van der Waals surface area (Å²) in [4.78, 5) is 12.8. The first-order chi connectivity index (χ1) is 10.7. The van der Waals surface area contributed by atoms with Crippen LogP contribution in [0.15, 0.2) is 49.2 Å². The van der Waals surface area contributed by atoms with Crippen molar-refractivity contribution in [3.63, 3.8) is 0 Å². The number of rotatable bonds is 2. The molecular weight excluding hydrogens is 411 g/mol. The van der Waals surface area contributed by atoms with E-state index in [0.717, 1.165) is 32.1 Å². The molecule has 3 heterocycles. The Balaban J connectivity index is 1.79. The van der Waals surface area contributed by atoms with Gasteiger partial charge in [-0.3, -0.25) is 4.98 Å². The van der Waals surface area contributed by atoms with Gasteiger partial charge in [-0.1, -0.05) is 17.7 Å². The number of pyridine rings is 1. The molecular formula is C16H10ClIN4. The van der Waals surface area contributed by atoms with E-state index < -0.39 is 0 Å². The molecule has 4 aromatic rings. The van der Waals surface area contributed by atoms with Crippen LogP contribution < -0.4 is 0 Å². The zero-order chi connectivity index (χ0) is 15.1. The molecule has 0 N–H and O–H groups in total. The van der Waals surface area contributed by atoms with Crippen LogP contribution in [0.5, 0.6) is 0 Å². The average Bonchev–Trinajstić information content (AvgIpc) is 2.84. The van der Waals surface area contributed by atoms with E-state index in [0.29, 0.717) is 5.02 Å². The summed E-state index contributed by atoms with van der Waals surface area (Å²) in [5.74, 6) is 0. The van der Waals surface area contributed by atoms with Crippen LogP contribution in [0.25, 0.3) is 21.9 Å². The van der Waals surface area contributed by atoms with Crippen molar-refractivity contribution in [2.75, 3.05) is 0 Å². The Morgan fingerprint density at radius 3 is 2.95 bits per heavy atom. The number of benzene rings is 1. The van der Waals surface area contributed by atoms with Gasteiger partial charge in [-0.2, -0.15) is 0 Å². The van der Waals surface area contributed by atoms with Gasteiger partial charge in [-0.25, -0.2) is 9.97 Å². The van der Waals surface area contributed by atoms with Crippen molar-refractivity contribution in [1.29, 1.82) is 0 Å². The maximum atomic E-state index is 6.03. The Morgan fingerprint density at radius 2 is 2.05 bits per heavy atom. The maximum absolute atomic E-state index is 6.03. The first-order valence-corrected chi connectivity index (χ1v) is 8.15. The number of nitrogens with zero attached hydrogens (tertiary/aromatic N) is 4. The van der Waals surface area contributed by atoms with Crippen LogP contribution >= 0.6 is 34.2 Å². The third-order valence-electron chi connectivity index (χ3n) is 3.55. The van der Waals surface area contributed by atoms with E-state index in [4.69, 9.17) is 11.6 Å². The highest BCUT2D eigenvalue weighted by molar-refractivity contribution is 14.1. The molecule has 3 aromatic heterocycles. The van der Waals surface area contributed by atoms with Crippen molar-refractivity contribution in [2.45, 2.75) is 6.54 Å². The fourth-order valence-electron chi connectivity index (χ4n) is 2.56. The number of hydrogen-bond acceptors (Lipinski definition) is 3. The smallest absolute Gasteiger partial charge is 0.144 e. The SMILES string of the molecule is Clc1cnc2ccc(Cn3cc(I)c4cncnc43)cc2c1. The normalized spacial score (nSPS) is 11.4. The summed E-state index contributed by atoms with van der Waals surface area (Å²) in [6, 6.07) is 8.16. The maximum Gasteiger partial charge on any atom is 0.144 e. The van der Waals surface area contributed by atoms with E-state index in [1.54, 1.807) is 12.5 Å². The Bertz CT molecular complexity index is 996. The summed E-state index contributed by atoms with van der Waals surface area (Å²) < 4.78 is 3.29. The molecule has 1 aromatic carbocycles. The molecule has 4 rings (SSSR count). The van der Waals surface area contributed by atoms with Crippen LogP contribution in [0.3, 0.4) is 0 Å². The van der Waals surface area contributed by atoms with E-state index in [1.807, 2.05) is 18.3 Å². The molecule has 0 amide bonds. The van der Waals surface area contributed by atoms with Crippen LogP contribution in [0.2, 0.25) is 5.02 Å². The lowest BCUT2D eigenvalue weighted by molar-refractivity contribution is 0.823. The fraction of sp³-hybridized carbons (Fsp3) is 0.0625. The highest BCUT2D eigenvalue weighted by Crippen LogP contribution is 2.23. The van der Waals surface area contributed by atoms with Crippen LogP contribution in [0, 0.1) is 3.57 Å². The second kappa shape index (κ2) is 5.48. The van der Waals surface area contributed by atoms with E-state index in [1.165, 1.54) is 5.56 Å². The van der Waals surface area contributed by atoms with Crippen molar-refractivity contribution in [2.24, 2.45) is 0 Å². The Labute approximate surface area is 145 Å². The predicted molar refractivity (Wildman–Crippen MR) is 96.1 cm³/mol. The van der Waals surface area contributed by atoms with Crippen molar-refractivity contribution in [3.8, 4) is 0 Å². The molecule has 0 aliphatic carbocycles. The minimum Gasteiger partial charge on any atom is -0.327 e. The Kier molecular flexibility index (Phi) is 3.46. The van der Waals surface area contributed by atoms with E-state index in [-0.39, 0.29) is 0 Å². The predicted octanol–water partition coefficient (Wildman–Crippen LogP) is 4.29. The first kappa shape index (κ1) is 13.9. The van der Waals surface area contributed by atoms with Crippen molar-refractivity contribution < 1.29 is 0 Å². The molecule has 0 atom stereocenters. The molecule has 6 heteroatoms. The third-order valence-corrected chi connectivity index (χ3v) is 4.62. The van der Waals surface area contributed by atoms with Crippen LogP contribution in [0.1, 0.15) is 5.56 Å². The molecule has 4 nitrogen and oxygen atoms in total. The summed E-state index contributed by atoms with van der Waals surface area (Å²) in [5.41, 5.74) is 3.08. The molecule has 0 aliphatic rings. The number of aromatic nitrogens is 4. The summed E-state index contributed by atoms with van der Waals surface area (Å²) in [5, 5.41) is 2.78. The van der Waals surface area contributed by atoms with Crippen molar-refractivity contribution in [1.82, 2.24) is 19.5 Å². The second-order valence-electron chi connectivity index (χ2n) is 5.05. The Morgan fingerprint density at radius 1 is 1.14 bits per heavy atom. The van der Waals surface area contributed by atoms with Gasteiger partial charge in [0.1, 0.15) is 12.0 Å². The number of halogens is 2. The molecule has 0 bridgehead atoms. The van der Waals surface area contributed by atoms with Gasteiger partial charge in [0.2, 0.25) is 0 Å². The monoisotopic (exact) mass is 420 g/mol. The highest BCUT2D eigenvalue weighted by atomic mass is 127. The van der Waals surface area contributed by atoms with Crippen LogP contribution in [-0.2, 0) is 6.54 Å². The molecule has 0 saturated carbocycles. The first-order valence-electron chi connectivity index (χ1n) is 6.69. The summed E-state index contributed by atoms with van der Waals surface area (Å²) in [6.07, 6.45) is 7.20. The lowest BCUT2D eigenvalue weighted by Crippen LogP contribution is -1.99. The lowest BCUT2D eigenvalue weighted by Gasteiger charge is -2.06. The van der Waals surface area contributed by atoms with Gasteiger partial charge in [0.15, 0.2) is 0 Å². The zero-order valence-electron chi connectivity index (χ0n) is 11.4. The average molecular weight is 421 g/mol. The topological polar surface area (TPSA) is 43.6 Å². The van der Waals surface area contributed by atoms with E-state index in [9.17, 15) is 0 Å². The lowest BCUT2D eigenvalue weighted by atomic mass is 10.1. The van der Waals surface area contributed by atoms with E-state index in [2.05, 4.69) is 60.4 Å². The quantitative estimate of drug-likeness (QED) is 0.455. The highest BCUT2D eigenvalue weighted by Gasteiger charge is 2.08. The van der Waals surface area contributed by atoms with Gasteiger partial charge in [0, 0.05) is 34.1 Å². The summed E-state index contributed by atoms with van der Waals surface area (Å²) in [7, 11) is 0. The number of hydrogen-bond donors (Lipinski definition) is 0. The molecule has 0 saturated heterocycles. The van der Waals surface area contributed by atoms with Crippen molar-refractivity contribution in [3.05, 3.63) is 63.3 Å². The van der Waals surface area contributed by atoms with Crippen LogP contribution in [-0.4, -0.2) is 19.5 Å². The van der Waals surface area contributed by atoms with Gasteiger partial charge in [0.25, 0.3) is 0 Å². The summed E-state index contributed by atoms with van der Waals surface area (Å²) >= 11 is 8.34. The molecule has 0 unspecified atom stereocenters.